The van der Waals surface area contributed by atoms with Crippen LogP contribution in [0.2, 0.25) is 0 Å². The molecule has 2 aromatic carbocycles. The van der Waals surface area contributed by atoms with Crippen LogP contribution in [0, 0.1) is 0 Å². The Balaban J connectivity index is 1.29. The van der Waals surface area contributed by atoms with Crippen LogP contribution in [0.4, 0.5) is 10.5 Å². The molecule has 0 saturated carbocycles. The van der Waals surface area contributed by atoms with E-state index in [0.29, 0.717) is 26.1 Å². The Morgan fingerprint density at radius 1 is 1.11 bits per heavy atom. The lowest BCUT2D eigenvalue weighted by atomic mass is 10.1. The lowest BCUT2D eigenvalue weighted by Crippen LogP contribution is -2.43. The van der Waals surface area contributed by atoms with Gasteiger partial charge in [-0.2, -0.15) is 0 Å². The molecule has 2 aliphatic heterocycles. The number of likely N-dealkylation sites (N-methyl/N-ethyl adjacent to an activating group) is 1. The summed E-state index contributed by atoms with van der Waals surface area (Å²) in [5.41, 5.74) is 5.88. The summed E-state index contributed by atoms with van der Waals surface area (Å²) >= 11 is 0. The molecule has 2 aromatic rings. The number of anilines is 1. The Morgan fingerprint density at radius 2 is 1.93 bits per heavy atom. The van der Waals surface area contributed by atoms with Crippen LogP contribution in [0.1, 0.15) is 17.5 Å². The third kappa shape index (κ3) is 2.85. The van der Waals surface area contributed by atoms with Crippen LogP contribution in [-0.2, 0) is 16.0 Å². The van der Waals surface area contributed by atoms with E-state index < -0.39 is 0 Å². The molecule has 0 radical (unpaired) electrons. The molecule has 3 amide bonds. The van der Waals surface area contributed by atoms with Crippen LogP contribution in [-0.4, -0.2) is 60.6 Å². The molecule has 2 fully saturated rings. The zero-order valence-corrected chi connectivity index (χ0v) is 15.9. The van der Waals surface area contributed by atoms with Gasteiger partial charge in [-0.1, -0.05) is 30.3 Å². The second kappa shape index (κ2) is 6.63. The molecule has 2 heterocycles. The second-order valence-electron chi connectivity index (χ2n) is 7.77. The van der Waals surface area contributed by atoms with E-state index in [0.717, 1.165) is 12.1 Å². The summed E-state index contributed by atoms with van der Waals surface area (Å²) in [5, 5.41) is 3.02. The molecule has 0 bridgehead atoms. The molecule has 144 valence electrons. The number of ether oxygens (including phenoxy) is 1. The molecule has 0 aromatic heterocycles. The van der Waals surface area contributed by atoms with E-state index in [-0.39, 0.29) is 24.1 Å². The Morgan fingerprint density at radius 3 is 2.82 bits per heavy atom. The highest BCUT2D eigenvalue weighted by Gasteiger charge is 2.41. The van der Waals surface area contributed by atoms with E-state index in [4.69, 9.17) is 4.74 Å². The minimum atomic E-state index is -0.145. The van der Waals surface area contributed by atoms with Gasteiger partial charge in [0.2, 0.25) is 5.91 Å². The molecule has 2 saturated heterocycles. The molecule has 5 rings (SSSR count). The van der Waals surface area contributed by atoms with Gasteiger partial charge in [0.1, 0.15) is 0 Å². The van der Waals surface area contributed by atoms with Crippen molar-refractivity contribution in [2.75, 3.05) is 32.1 Å². The Bertz CT molecular complexity index is 958. The zero-order chi connectivity index (χ0) is 19.3. The third-order valence-electron chi connectivity index (χ3n) is 6.11. The molecule has 0 unspecified atom stereocenters. The number of benzene rings is 2. The van der Waals surface area contributed by atoms with Crippen molar-refractivity contribution in [3.05, 3.63) is 53.6 Å². The Hall–Kier alpha value is -2.86. The number of hydrogen-bond donors (Lipinski definition) is 1. The van der Waals surface area contributed by atoms with Crippen molar-refractivity contribution in [3.63, 3.8) is 0 Å². The van der Waals surface area contributed by atoms with Gasteiger partial charge in [0, 0.05) is 19.3 Å². The first kappa shape index (κ1) is 17.3. The molecule has 6 heteroatoms. The van der Waals surface area contributed by atoms with Gasteiger partial charge in [0.15, 0.2) is 0 Å². The van der Waals surface area contributed by atoms with Crippen molar-refractivity contribution in [1.29, 1.82) is 0 Å². The van der Waals surface area contributed by atoms with E-state index in [1.165, 1.54) is 22.3 Å². The van der Waals surface area contributed by atoms with Crippen molar-refractivity contribution in [2.24, 2.45) is 0 Å². The topological polar surface area (TPSA) is 61.9 Å². The molecule has 1 aliphatic carbocycles. The standard InChI is InChI=1S/C22H23N3O3/c1-24-19-12-25(13-20(19)28-9-8-21(24)26)22(27)23-16-6-7-18-15(11-16)10-14-4-2-3-5-17(14)18/h2-7,11,19-20H,8-10,12-13H2,1H3,(H,23,27)/t19-,20-/m0/s1. The largest absolute Gasteiger partial charge is 0.374 e. The lowest BCUT2D eigenvalue weighted by molar-refractivity contribution is -0.130. The monoisotopic (exact) mass is 377 g/mol. The van der Waals surface area contributed by atoms with Crippen molar-refractivity contribution in [3.8, 4) is 11.1 Å². The average Bonchev–Trinajstić information content (AvgIpc) is 3.25. The van der Waals surface area contributed by atoms with Gasteiger partial charge in [0.25, 0.3) is 0 Å². The number of amides is 3. The van der Waals surface area contributed by atoms with E-state index in [9.17, 15) is 9.59 Å². The van der Waals surface area contributed by atoms with Crippen molar-refractivity contribution < 1.29 is 14.3 Å². The first-order valence-corrected chi connectivity index (χ1v) is 9.74. The van der Waals surface area contributed by atoms with Gasteiger partial charge in [-0.05, 0) is 40.8 Å². The lowest BCUT2D eigenvalue weighted by Gasteiger charge is -2.25. The first-order chi connectivity index (χ1) is 13.6. The number of hydrogen-bond acceptors (Lipinski definition) is 3. The van der Waals surface area contributed by atoms with Crippen LogP contribution >= 0.6 is 0 Å². The Labute approximate surface area is 164 Å². The van der Waals surface area contributed by atoms with Crippen LogP contribution in [0.15, 0.2) is 42.5 Å². The predicted molar refractivity (Wildman–Crippen MR) is 106 cm³/mol. The maximum absolute atomic E-state index is 12.8. The minimum Gasteiger partial charge on any atom is -0.374 e. The smallest absolute Gasteiger partial charge is 0.322 e. The third-order valence-corrected chi connectivity index (χ3v) is 6.11. The second-order valence-corrected chi connectivity index (χ2v) is 7.77. The SMILES string of the molecule is CN1C(=O)CCO[C@H]2CN(C(=O)Nc3ccc4c(c3)Cc3ccccc3-4)C[C@@H]21. The number of nitrogens with zero attached hydrogens (tertiary/aromatic N) is 2. The highest BCUT2D eigenvalue weighted by molar-refractivity contribution is 5.91. The first-order valence-electron chi connectivity index (χ1n) is 9.74. The predicted octanol–water partition coefficient (Wildman–Crippen LogP) is 2.72. The van der Waals surface area contributed by atoms with Gasteiger partial charge < -0.3 is 19.9 Å². The highest BCUT2D eigenvalue weighted by Crippen LogP contribution is 2.37. The quantitative estimate of drug-likeness (QED) is 0.709. The minimum absolute atomic E-state index is 0.0738. The van der Waals surface area contributed by atoms with E-state index in [1.54, 1.807) is 16.8 Å². The summed E-state index contributed by atoms with van der Waals surface area (Å²) in [5.74, 6) is 0.0768. The molecule has 6 nitrogen and oxygen atoms in total. The maximum Gasteiger partial charge on any atom is 0.322 e. The maximum atomic E-state index is 12.8. The van der Waals surface area contributed by atoms with E-state index in [2.05, 4.69) is 41.7 Å². The summed E-state index contributed by atoms with van der Waals surface area (Å²) in [6.07, 6.45) is 1.19. The van der Waals surface area contributed by atoms with Gasteiger partial charge in [-0.15, -0.1) is 0 Å². The highest BCUT2D eigenvalue weighted by atomic mass is 16.5. The normalized spacial score (nSPS) is 23.1. The molecule has 28 heavy (non-hydrogen) atoms. The van der Waals surface area contributed by atoms with Crippen LogP contribution in [0.5, 0.6) is 0 Å². The number of likely N-dealkylation sites (tertiary alicyclic amines) is 1. The number of nitrogens with one attached hydrogen (secondary N) is 1. The summed E-state index contributed by atoms with van der Waals surface area (Å²) in [6, 6.07) is 14.3. The summed E-state index contributed by atoms with van der Waals surface area (Å²) in [4.78, 5) is 28.3. The number of urea groups is 1. The molecule has 1 N–H and O–H groups in total. The van der Waals surface area contributed by atoms with Crippen molar-refractivity contribution in [1.82, 2.24) is 9.80 Å². The molecule has 3 aliphatic rings. The zero-order valence-electron chi connectivity index (χ0n) is 15.9. The fourth-order valence-electron chi connectivity index (χ4n) is 4.54. The van der Waals surface area contributed by atoms with E-state index in [1.807, 2.05) is 6.07 Å². The summed E-state index contributed by atoms with van der Waals surface area (Å²) < 4.78 is 5.81. The number of carbonyl (C=O) groups excluding carboxylic acids is 2. The van der Waals surface area contributed by atoms with Gasteiger partial charge in [-0.3, -0.25) is 4.79 Å². The number of rotatable bonds is 1. The van der Waals surface area contributed by atoms with Crippen LogP contribution in [0.25, 0.3) is 11.1 Å². The molecular formula is C22H23N3O3. The Kier molecular flexibility index (Phi) is 4.09. The average molecular weight is 377 g/mol. The van der Waals surface area contributed by atoms with Crippen molar-refractivity contribution in [2.45, 2.75) is 25.0 Å². The van der Waals surface area contributed by atoms with Crippen LogP contribution < -0.4 is 5.32 Å². The van der Waals surface area contributed by atoms with E-state index >= 15 is 0 Å². The molecule has 0 spiro atoms. The van der Waals surface area contributed by atoms with Gasteiger partial charge in [-0.25, -0.2) is 4.79 Å². The fraction of sp³-hybridized carbons (Fsp3) is 0.364. The number of fused-ring (bicyclic) bond motifs is 4. The van der Waals surface area contributed by atoms with Gasteiger partial charge in [0.05, 0.1) is 31.7 Å². The van der Waals surface area contributed by atoms with Gasteiger partial charge >= 0.3 is 6.03 Å². The fourth-order valence-corrected chi connectivity index (χ4v) is 4.54. The number of carbonyl (C=O) groups is 2. The molecule has 2 atom stereocenters. The summed E-state index contributed by atoms with van der Waals surface area (Å²) in [7, 11) is 1.80. The molecular weight excluding hydrogens is 354 g/mol. The van der Waals surface area contributed by atoms with Crippen molar-refractivity contribution >= 4 is 17.6 Å². The summed E-state index contributed by atoms with van der Waals surface area (Å²) in [6.45, 7) is 1.42. The van der Waals surface area contributed by atoms with Crippen LogP contribution in [0.3, 0.4) is 0 Å².